The van der Waals surface area contributed by atoms with Crippen molar-refractivity contribution < 1.29 is 4.79 Å². The Labute approximate surface area is 148 Å². The molecule has 1 fully saturated rings. The van der Waals surface area contributed by atoms with Crippen LogP contribution in [0, 0.1) is 0 Å². The molecule has 1 atom stereocenters. The van der Waals surface area contributed by atoms with Crippen molar-refractivity contribution in [2.45, 2.75) is 89.9 Å². The monoisotopic (exact) mass is 346 g/mol. The first kappa shape index (κ1) is 17.8. The van der Waals surface area contributed by atoms with Crippen LogP contribution >= 0.6 is 0 Å². The summed E-state index contributed by atoms with van der Waals surface area (Å²) < 4.78 is 2.66. The minimum atomic E-state index is -1.70. The first-order valence-corrected chi connectivity index (χ1v) is 11.9. The van der Waals surface area contributed by atoms with Gasteiger partial charge < -0.3 is 9.13 Å². The molecule has 1 aromatic rings. The molecule has 0 N–H and O–H groups in total. The maximum Gasteiger partial charge on any atom is 0.223 e. The van der Waals surface area contributed by atoms with Gasteiger partial charge >= 0.3 is 0 Å². The Morgan fingerprint density at radius 1 is 1.00 bits per heavy atom. The van der Waals surface area contributed by atoms with Crippen LogP contribution in [0.3, 0.4) is 0 Å². The number of rotatable bonds is 4. The summed E-state index contributed by atoms with van der Waals surface area (Å²) in [6.07, 6.45) is 7.62. The molecule has 1 aromatic heterocycles. The first-order chi connectivity index (χ1) is 11.2. The highest BCUT2D eigenvalue weighted by molar-refractivity contribution is 6.82. The molecule has 134 valence electrons. The van der Waals surface area contributed by atoms with Crippen LogP contribution in [0.5, 0.6) is 0 Å². The zero-order valence-corrected chi connectivity index (χ0v) is 17.5. The van der Waals surface area contributed by atoms with E-state index in [4.69, 9.17) is 0 Å². The summed E-state index contributed by atoms with van der Waals surface area (Å²) >= 11 is 0. The fraction of sp³-hybridized carbons (Fsp3) is 0.750. The average Bonchev–Trinajstić information content (AvgIpc) is 3.01. The van der Waals surface area contributed by atoms with E-state index in [1.807, 2.05) is 0 Å². The molecule has 0 saturated carbocycles. The van der Waals surface area contributed by atoms with E-state index < -0.39 is 8.24 Å². The summed E-state index contributed by atoms with van der Waals surface area (Å²) in [4.78, 5) is 14.4. The van der Waals surface area contributed by atoms with Crippen molar-refractivity contribution in [2.24, 2.45) is 0 Å². The van der Waals surface area contributed by atoms with Gasteiger partial charge in [-0.2, -0.15) is 0 Å². The Hall–Kier alpha value is -1.03. The van der Waals surface area contributed by atoms with Crippen molar-refractivity contribution in [2.75, 3.05) is 6.54 Å². The normalized spacial score (nSPS) is 24.2. The van der Waals surface area contributed by atoms with Crippen molar-refractivity contribution >= 4 is 14.1 Å². The Bertz CT molecular complexity index is 624. The fourth-order valence-electron chi connectivity index (χ4n) is 6.08. The second-order valence-electron chi connectivity index (χ2n) is 9.03. The molecular weight excluding hydrogens is 312 g/mol. The predicted molar refractivity (Wildman–Crippen MR) is 103 cm³/mol. The molecule has 3 heterocycles. The molecule has 0 bridgehead atoms. The number of nitrogens with zero attached hydrogens (tertiary/aromatic N) is 2. The summed E-state index contributed by atoms with van der Waals surface area (Å²) in [6.45, 7) is 17.7. The zero-order chi connectivity index (χ0) is 17.9. The van der Waals surface area contributed by atoms with Crippen molar-refractivity contribution in [3.63, 3.8) is 0 Å². The summed E-state index contributed by atoms with van der Waals surface area (Å²) in [5, 5.41) is 0. The standard InChI is InChI=1S/C20H34N2OSi/c1-14(2)24(15(3)4,16(5)6)21-12-17-9-11-22-19(23)8-10-20(22,7)18(17)13-21/h12-16H,8-11H2,1-7H3/t20-/m1/s1. The Morgan fingerprint density at radius 2 is 1.58 bits per heavy atom. The van der Waals surface area contributed by atoms with Crippen molar-refractivity contribution in [1.82, 2.24) is 9.13 Å². The van der Waals surface area contributed by atoms with Crippen LogP contribution in [-0.4, -0.2) is 29.8 Å². The topological polar surface area (TPSA) is 25.2 Å². The van der Waals surface area contributed by atoms with Crippen LogP contribution in [0.25, 0.3) is 0 Å². The van der Waals surface area contributed by atoms with Crippen LogP contribution in [0.4, 0.5) is 0 Å². The largest absolute Gasteiger partial charge is 0.379 e. The Kier molecular flexibility index (Phi) is 4.26. The zero-order valence-electron chi connectivity index (χ0n) is 16.5. The molecule has 4 heteroatoms. The summed E-state index contributed by atoms with van der Waals surface area (Å²) in [5.74, 6) is 0.344. The second kappa shape index (κ2) is 5.75. The van der Waals surface area contributed by atoms with Crippen LogP contribution in [0.2, 0.25) is 16.6 Å². The highest BCUT2D eigenvalue weighted by Crippen LogP contribution is 2.48. The van der Waals surface area contributed by atoms with Gasteiger partial charge in [-0.3, -0.25) is 4.79 Å². The van der Waals surface area contributed by atoms with Crippen molar-refractivity contribution in [3.8, 4) is 0 Å². The maximum absolute atomic E-state index is 12.3. The lowest BCUT2D eigenvalue weighted by atomic mass is 9.85. The molecule has 0 spiro atoms. The van der Waals surface area contributed by atoms with Gasteiger partial charge in [0.2, 0.25) is 5.91 Å². The lowest BCUT2D eigenvalue weighted by Gasteiger charge is -2.44. The van der Waals surface area contributed by atoms with E-state index in [0.717, 1.165) is 19.4 Å². The van der Waals surface area contributed by atoms with E-state index in [0.29, 0.717) is 29.0 Å². The van der Waals surface area contributed by atoms with Gasteiger partial charge in [0.1, 0.15) is 0 Å². The molecule has 0 radical (unpaired) electrons. The molecule has 2 aliphatic heterocycles. The third kappa shape index (κ3) is 2.18. The molecule has 3 nitrogen and oxygen atoms in total. The number of hydrogen-bond donors (Lipinski definition) is 0. The SMILES string of the molecule is CC(C)[Si](C(C)C)(C(C)C)n1cc2c(c1)[C@@]1(C)CCC(=O)N1CC2. The molecule has 1 amide bonds. The highest BCUT2D eigenvalue weighted by atomic mass is 28.3. The first-order valence-electron chi connectivity index (χ1n) is 9.68. The number of carbonyl (C=O) groups excluding carboxylic acids is 1. The molecule has 1 saturated heterocycles. The highest BCUT2D eigenvalue weighted by Gasteiger charge is 2.50. The number of hydrogen-bond acceptors (Lipinski definition) is 1. The molecule has 2 aliphatic rings. The van der Waals surface area contributed by atoms with E-state index in [1.165, 1.54) is 11.1 Å². The number of aromatic nitrogens is 1. The van der Waals surface area contributed by atoms with E-state index in [-0.39, 0.29) is 5.54 Å². The Balaban J connectivity index is 2.14. The number of fused-ring (bicyclic) bond motifs is 3. The van der Waals surface area contributed by atoms with Gasteiger partial charge in [0.25, 0.3) is 0 Å². The molecular formula is C20H34N2OSi. The molecule has 0 unspecified atom stereocenters. The van der Waals surface area contributed by atoms with E-state index in [9.17, 15) is 4.79 Å². The lowest BCUT2D eigenvalue weighted by Crippen LogP contribution is -2.51. The van der Waals surface area contributed by atoms with Gasteiger partial charge in [0.15, 0.2) is 8.24 Å². The third-order valence-electron chi connectivity index (χ3n) is 7.04. The predicted octanol–water partition coefficient (Wildman–Crippen LogP) is 4.91. The van der Waals surface area contributed by atoms with Gasteiger partial charge in [-0.05, 0) is 53.7 Å². The van der Waals surface area contributed by atoms with Gasteiger partial charge in [-0.15, -0.1) is 0 Å². The molecule has 0 aromatic carbocycles. The lowest BCUT2D eigenvalue weighted by molar-refractivity contribution is -0.131. The van der Waals surface area contributed by atoms with Gasteiger partial charge in [0.05, 0.1) is 5.54 Å². The molecule has 24 heavy (non-hydrogen) atoms. The summed E-state index contributed by atoms with van der Waals surface area (Å²) in [5.41, 5.74) is 4.93. The van der Waals surface area contributed by atoms with E-state index >= 15 is 0 Å². The van der Waals surface area contributed by atoms with Gasteiger partial charge in [-0.25, -0.2) is 0 Å². The van der Waals surface area contributed by atoms with Crippen LogP contribution < -0.4 is 0 Å². The fourth-order valence-corrected chi connectivity index (χ4v) is 12.6. The average molecular weight is 347 g/mol. The van der Waals surface area contributed by atoms with Crippen molar-refractivity contribution in [1.29, 1.82) is 0 Å². The minimum Gasteiger partial charge on any atom is -0.379 e. The minimum absolute atomic E-state index is 0.0685. The quantitative estimate of drug-likeness (QED) is 0.711. The van der Waals surface area contributed by atoms with Crippen molar-refractivity contribution in [3.05, 3.63) is 23.5 Å². The Morgan fingerprint density at radius 3 is 2.12 bits per heavy atom. The molecule has 3 rings (SSSR count). The van der Waals surface area contributed by atoms with Crippen LogP contribution in [0.1, 0.15) is 72.4 Å². The summed E-state index contributed by atoms with van der Waals surface area (Å²) in [6, 6.07) is 0. The smallest absolute Gasteiger partial charge is 0.223 e. The van der Waals surface area contributed by atoms with Gasteiger partial charge in [-0.1, -0.05) is 41.5 Å². The van der Waals surface area contributed by atoms with E-state index in [2.05, 4.69) is 70.0 Å². The van der Waals surface area contributed by atoms with Crippen LogP contribution in [0.15, 0.2) is 12.4 Å². The molecule has 0 aliphatic carbocycles. The van der Waals surface area contributed by atoms with Gasteiger partial charge in [0, 0.05) is 19.2 Å². The second-order valence-corrected chi connectivity index (χ2v) is 14.8. The maximum atomic E-state index is 12.3. The third-order valence-corrected chi connectivity index (χ3v) is 13.7. The number of carbonyl (C=O) groups is 1. The number of amides is 1. The van der Waals surface area contributed by atoms with E-state index in [1.54, 1.807) is 0 Å². The summed E-state index contributed by atoms with van der Waals surface area (Å²) in [7, 11) is -1.70. The van der Waals surface area contributed by atoms with Crippen LogP contribution in [-0.2, 0) is 16.8 Å².